The Kier molecular flexibility index (Phi) is 4.41. The van der Waals surface area contributed by atoms with Crippen molar-refractivity contribution in [3.63, 3.8) is 0 Å². The molecule has 0 amide bonds. The topological polar surface area (TPSA) is 38.8 Å². The molecule has 144 valence electrons. The second-order valence-corrected chi connectivity index (χ2v) is 7.46. The fourth-order valence-electron chi connectivity index (χ4n) is 3.94. The first-order valence-corrected chi connectivity index (χ1v) is 9.74. The molecule has 0 radical (unpaired) electrons. The van der Waals surface area contributed by atoms with Gasteiger partial charge in [0.1, 0.15) is 18.2 Å². The Balaban J connectivity index is 1.44. The van der Waals surface area contributed by atoms with Crippen LogP contribution < -0.4 is 9.47 Å². The number of nitrogens with zero attached hydrogens (tertiary/aromatic N) is 1. The van der Waals surface area contributed by atoms with Gasteiger partial charge < -0.3 is 9.47 Å². The molecule has 5 rings (SSSR count). The number of hydrogen-bond donors (Lipinski definition) is 0. The zero-order valence-corrected chi connectivity index (χ0v) is 16.2. The van der Waals surface area contributed by atoms with Gasteiger partial charge in [-0.1, -0.05) is 60.7 Å². The molecule has 4 nitrogen and oxygen atoms in total. The molecule has 0 N–H and O–H groups in total. The number of ether oxygens (including phenoxy) is 2. The molecule has 0 saturated heterocycles. The van der Waals surface area contributed by atoms with Crippen molar-refractivity contribution in [2.45, 2.75) is 20.0 Å². The Morgan fingerprint density at radius 1 is 1.00 bits per heavy atom. The number of Topliss-reactive ketones (excluding diaryl/α,β-unsaturated/α-hetero) is 1. The quantitative estimate of drug-likeness (QED) is 0.599. The summed E-state index contributed by atoms with van der Waals surface area (Å²) in [6, 6.07) is 22.0. The van der Waals surface area contributed by atoms with Crippen LogP contribution in [0.25, 0.3) is 6.08 Å². The van der Waals surface area contributed by atoms with Crippen molar-refractivity contribution in [3.8, 4) is 11.5 Å². The number of allylic oxidation sites excluding steroid dienone is 1. The largest absolute Gasteiger partial charge is 0.477 e. The van der Waals surface area contributed by atoms with E-state index in [-0.39, 0.29) is 5.78 Å². The highest BCUT2D eigenvalue weighted by molar-refractivity contribution is 6.15. The van der Waals surface area contributed by atoms with E-state index in [0.717, 1.165) is 35.5 Å². The molecule has 2 aliphatic heterocycles. The predicted octanol–water partition coefficient (Wildman–Crippen LogP) is 4.96. The molecule has 3 aromatic carbocycles. The standard InChI is InChI=1S/C25H21NO3/c1-17-24-20(15-26(16-28-24)14-19-10-6-3-7-11-19)13-21-23(27)22(29-25(17)21)12-18-8-4-2-5-9-18/h2-13H,14-16H2,1H3/b22-12-. The van der Waals surface area contributed by atoms with Gasteiger partial charge in [0.25, 0.3) is 0 Å². The smallest absolute Gasteiger partial charge is 0.231 e. The number of carbonyl (C=O) groups is 1. The molecule has 0 spiro atoms. The first-order valence-electron chi connectivity index (χ1n) is 9.74. The minimum absolute atomic E-state index is 0.0741. The Morgan fingerprint density at radius 2 is 1.72 bits per heavy atom. The lowest BCUT2D eigenvalue weighted by molar-refractivity contribution is 0.0876. The van der Waals surface area contributed by atoms with Gasteiger partial charge in [-0.2, -0.15) is 0 Å². The van der Waals surface area contributed by atoms with Crippen LogP contribution in [0.1, 0.15) is 32.6 Å². The highest BCUT2D eigenvalue weighted by Crippen LogP contribution is 2.43. The van der Waals surface area contributed by atoms with E-state index in [1.165, 1.54) is 5.56 Å². The normalized spacial score (nSPS) is 16.9. The van der Waals surface area contributed by atoms with Crippen LogP contribution in [0, 0.1) is 6.92 Å². The lowest BCUT2D eigenvalue weighted by atomic mass is 10.00. The van der Waals surface area contributed by atoms with Crippen LogP contribution >= 0.6 is 0 Å². The molecule has 29 heavy (non-hydrogen) atoms. The summed E-state index contributed by atoms with van der Waals surface area (Å²) in [5.41, 5.74) is 4.72. The van der Waals surface area contributed by atoms with Crippen molar-refractivity contribution in [1.29, 1.82) is 0 Å². The predicted molar refractivity (Wildman–Crippen MR) is 112 cm³/mol. The Hall–Kier alpha value is -3.37. The average molecular weight is 383 g/mol. The number of fused-ring (bicyclic) bond motifs is 2. The molecule has 0 unspecified atom stereocenters. The van der Waals surface area contributed by atoms with Gasteiger partial charge in [-0.05, 0) is 30.2 Å². The molecular weight excluding hydrogens is 362 g/mol. The Bertz CT molecular complexity index is 1100. The zero-order valence-electron chi connectivity index (χ0n) is 16.2. The number of rotatable bonds is 3. The maximum atomic E-state index is 13.0. The van der Waals surface area contributed by atoms with Crippen LogP contribution in [-0.2, 0) is 13.1 Å². The third kappa shape index (κ3) is 3.32. The summed E-state index contributed by atoms with van der Waals surface area (Å²) in [4.78, 5) is 15.2. The van der Waals surface area contributed by atoms with Crippen molar-refractivity contribution in [1.82, 2.24) is 4.90 Å². The SMILES string of the molecule is Cc1c2c(cc3c1O/C(=C\c1ccccc1)C3=O)CN(Cc1ccccc1)CO2. The van der Waals surface area contributed by atoms with Gasteiger partial charge >= 0.3 is 0 Å². The Morgan fingerprint density at radius 3 is 2.48 bits per heavy atom. The summed E-state index contributed by atoms with van der Waals surface area (Å²) in [6.45, 7) is 4.02. The first-order chi connectivity index (χ1) is 14.2. The van der Waals surface area contributed by atoms with Gasteiger partial charge in [0.05, 0.1) is 5.56 Å². The fourth-order valence-corrected chi connectivity index (χ4v) is 3.94. The maximum Gasteiger partial charge on any atom is 0.231 e. The van der Waals surface area contributed by atoms with Crippen molar-refractivity contribution in [2.75, 3.05) is 6.73 Å². The molecule has 3 aromatic rings. The third-order valence-electron chi connectivity index (χ3n) is 5.35. The second kappa shape index (κ2) is 7.22. The van der Waals surface area contributed by atoms with Gasteiger partial charge in [-0.25, -0.2) is 0 Å². The molecule has 0 aliphatic carbocycles. The molecular formula is C25H21NO3. The molecule has 4 heteroatoms. The summed E-state index contributed by atoms with van der Waals surface area (Å²) in [6.07, 6.45) is 1.79. The van der Waals surface area contributed by atoms with Crippen LogP contribution in [0.2, 0.25) is 0 Å². The van der Waals surface area contributed by atoms with E-state index in [9.17, 15) is 4.79 Å². The van der Waals surface area contributed by atoms with E-state index >= 15 is 0 Å². The van der Waals surface area contributed by atoms with Gasteiger partial charge in [-0.3, -0.25) is 9.69 Å². The van der Waals surface area contributed by atoms with E-state index in [0.29, 0.717) is 23.8 Å². The molecule has 2 heterocycles. The van der Waals surface area contributed by atoms with Crippen LogP contribution in [0.4, 0.5) is 0 Å². The van der Waals surface area contributed by atoms with Crippen LogP contribution in [0.5, 0.6) is 11.5 Å². The zero-order chi connectivity index (χ0) is 19.8. The molecule has 0 fully saturated rings. The number of benzene rings is 3. The van der Waals surface area contributed by atoms with Gasteiger partial charge in [-0.15, -0.1) is 0 Å². The van der Waals surface area contributed by atoms with Crippen molar-refractivity contribution in [2.24, 2.45) is 0 Å². The van der Waals surface area contributed by atoms with E-state index in [4.69, 9.17) is 9.47 Å². The number of ketones is 1. The van der Waals surface area contributed by atoms with E-state index < -0.39 is 0 Å². The van der Waals surface area contributed by atoms with Crippen LogP contribution in [-0.4, -0.2) is 17.4 Å². The summed E-state index contributed by atoms with van der Waals surface area (Å²) >= 11 is 0. The van der Waals surface area contributed by atoms with Crippen LogP contribution in [0.3, 0.4) is 0 Å². The molecule has 2 aliphatic rings. The average Bonchev–Trinajstić information content (AvgIpc) is 3.05. The van der Waals surface area contributed by atoms with Crippen molar-refractivity contribution < 1.29 is 14.3 Å². The molecule has 0 aromatic heterocycles. The lowest BCUT2D eigenvalue weighted by Gasteiger charge is -2.30. The maximum absolute atomic E-state index is 13.0. The summed E-state index contributed by atoms with van der Waals surface area (Å²) in [5, 5.41) is 0. The third-order valence-corrected chi connectivity index (χ3v) is 5.35. The summed E-state index contributed by atoms with van der Waals surface area (Å²) in [5.74, 6) is 1.74. The van der Waals surface area contributed by atoms with Crippen LogP contribution in [0.15, 0.2) is 72.5 Å². The van der Waals surface area contributed by atoms with Gasteiger partial charge in [0, 0.05) is 24.2 Å². The van der Waals surface area contributed by atoms with E-state index in [1.54, 1.807) is 6.08 Å². The number of carbonyl (C=O) groups excluding carboxylic acids is 1. The lowest BCUT2D eigenvalue weighted by Crippen LogP contribution is -2.32. The highest BCUT2D eigenvalue weighted by atomic mass is 16.5. The molecule has 0 bridgehead atoms. The molecule has 0 atom stereocenters. The second-order valence-electron chi connectivity index (χ2n) is 7.46. The summed E-state index contributed by atoms with van der Waals surface area (Å²) in [7, 11) is 0. The monoisotopic (exact) mass is 383 g/mol. The Labute approximate surface area is 170 Å². The van der Waals surface area contributed by atoms with E-state index in [1.807, 2.05) is 61.5 Å². The first kappa shape index (κ1) is 17.7. The van der Waals surface area contributed by atoms with Crippen molar-refractivity contribution in [3.05, 3.63) is 100 Å². The number of hydrogen-bond acceptors (Lipinski definition) is 4. The van der Waals surface area contributed by atoms with Crippen molar-refractivity contribution >= 4 is 11.9 Å². The minimum Gasteiger partial charge on any atom is -0.477 e. The van der Waals surface area contributed by atoms with Gasteiger partial charge in [0.15, 0.2) is 5.76 Å². The fraction of sp³-hybridized carbons (Fsp3) is 0.160. The minimum atomic E-state index is -0.0741. The highest BCUT2D eigenvalue weighted by Gasteiger charge is 2.33. The van der Waals surface area contributed by atoms with E-state index in [2.05, 4.69) is 17.0 Å². The molecule has 0 saturated carbocycles. The van der Waals surface area contributed by atoms with Gasteiger partial charge in [0.2, 0.25) is 5.78 Å². The summed E-state index contributed by atoms with van der Waals surface area (Å²) < 4.78 is 12.0.